The Morgan fingerprint density at radius 1 is 1.50 bits per heavy atom. The Morgan fingerprint density at radius 3 is 2.64 bits per heavy atom. The molecule has 0 aromatic carbocycles. The zero-order valence-corrected chi connectivity index (χ0v) is 11.0. The lowest BCUT2D eigenvalue weighted by Crippen LogP contribution is -2.35. The summed E-state index contributed by atoms with van der Waals surface area (Å²) in [4.78, 5) is 0. The van der Waals surface area contributed by atoms with Crippen molar-refractivity contribution < 1.29 is 13.2 Å². The molecule has 0 amide bonds. The van der Waals surface area contributed by atoms with E-state index < -0.39 is 10.0 Å². The average Bonchev–Trinajstić information content (AvgIpc) is 2.03. The first-order valence-electron chi connectivity index (χ1n) is 4.65. The fraction of sp³-hybridized carbons (Fsp3) is 1.00. The molecule has 0 saturated heterocycles. The maximum Gasteiger partial charge on any atom is 0.214 e. The molecule has 0 bridgehead atoms. The number of alkyl halides is 1. The fourth-order valence-electron chi connectivity index (χ4n) is 0.901. The van der Waals surface area contributed by atoms with Crippen molar-refractivity contribution in [3.8, 4) is 0 Å². The molecule has 0 aromatic heterocycles. The molecule has 0 aliphatic rings. The first kappa shape index (κ1) is 14.3. The van der Waals surface area contributed by atoms with Gasteiger partial charge in [-0.05, 0) is 20.3 Å². The second-order valence-electron chi connectivity index (χ2n) is 3.01. The van der Waals surface area contributed by atoms with Crippen LogP contribution in [0.2, 0.25) is 0 Å². The second kappa shape index (κ2) is 7.62. The average molecular weight is 288 g/mol. The first-order valence-corrected chi connectivity index (χ1v) is 7.43. The van der Waals surface area contributed by atoms with E-state index in [1.807, 2.05) is 13.8 Å². The van der Waals surface area contributed by atoms with Gasteiger partial charge in [0.25, 0.3) is 0 Å². The summed E-state index contributed by atoms with van der Waals surface area (Å²) in [6.45, 7) is 4.49. The van der Waals surface area contributed by atoms with Gasteiger partial charge in [-0.3, -0.25) is 0 Å². The van der Waals surface area contributed by atoms with E-state index in [-0.39, 0.29) is 18.4 Å². The minimum atomic E-state index is -3.17. The molecule has 0 heterocycles. The van der Waals surface area contributed by atoms with Crippen molar-refractivity contribution in [2.45, 2.75) is 26.3 Å². The molecule has 0 aliphatic heterocycles. The van der Waals surface area contributed by atoms with Gasteiger partial charge in [0.2, 0.25) is 10.0 Å². The first-order chi connectivity index (χ1) is 6.52. The minimum absolute atomic E-state index is 0.0269. The summed E-state index contributed by atoms with van der Waals surface area (Å²) >= 11 is 3.26. The number of halogens is 1. The van der Waals surface area contributed by atoms with Gasteiger partial charge in [0.05, 0.1) is 12.4 Å². The highest BCUT2D eigenvalue weighted by molar-refractivity contribution is 9.09. The van der Waals surface area contributed by atoms with Crippen molar-refractivity contribution >= 4 is 26.0 Å². The van der Waals surface area contributed by atoms with Crippen LogP contribution in [-0.4, -0.2) is 38.8 Å². The molecule has 0 fully saturated rings. The standard InChI is InChI=1S/C8H18BrNO3S/c1-3-13-6-7-14(11,12)10-8(2)4-5-9/h8,10H,3-7H2,1-2H3. The molecule has 86 valence electrons. The largest absolute Gasteiger partial charge is 0.381 e. The Morgan fingerprint density at radius 2 is 2.14 bits per heavy atom. The summed E-state index contributed by atoms with van der Waals surface area (Å²) in [5, 5.41) is 0.794. The van der Waals surface area contributed by atoms with Crippen molar-refractivity contribution in [3.63, 3.8) is 0 Å². The van der Waals surface area contributed by atoms with Crippen molar-refractivity contribution in [3.05, 3.63) is 0 Å². The summed E-state index contributed by atoms with van der Waals surface area (Å²) in [5.41, 5.74) is 0. The number of hydrogen-bond acceptors (Lipinski definition) is 3. The molecular weight excluding hydrogens is 270 g/mol. The summed E-state index contributed by atoms with van der Waals surface area (Å²) in [5.74, 6) is 0.0352. The predicted molar refractivity (Wildman–Crippen MR) is 61.3 cm³/mol. The van der Waals surface area contributed by atoms with Gasteiger partial charge in [-0.1, -0.05) is 15.9 Å². The lowest BCUT2D eigenvalue weighted by Gasteiger charge is -2.12. The monoisotopic (exact) mass is 287 g/mol. The van der Waals surface area contributed by atoms with Crippen molar-refractivity contribution in [2.75, 3.05) is 24.3 Å². The quantitative estimate of drug-likeness (QED) is 0.538. The maximum atomic E-state index is 11.4. The molecule has 1 atom stereocenters. The van der Waals surface area contributed by atoms with Crippen LogP contribution in [0.15, 0.2) is 0 Å². The molecule has 6 heteroatoms. The molecular formula is C8H18BrNO3S. The zero-order valence-electron chi connectivity index (χ0n) is 8.62. The van der Waals surface area contributed by atoms with Gasteiger partial charge >= 0.3 is 0 Å². The summed E-state index contributed by atoms with van der Waals surface area (Å²) in [6.07, 6.45) is 0.786. The third-order valence-electron chi connectivity index (χ3n) is 1.62. The maximum absolute atomic E-state index is 11.4. The Labute approximate surface area is 94.6 Å². The van der Waals surface area contributed by atoms with E-state index in [1.165, 1.54) is 0 Å². The third-order valence-corrected chi connectivity index (χ3v) is 3.55. The van der Waals surface area contributed by atoms with Crippen LogP contribution in [0, 0.1) is 0 Å². The highest BCUT2D eigenvalue weighted by Crippen LogP contribution is 1.97. The van der Waals surface area contributed by atoms with Crippen LogP contribution < -0.4 is 4.72 Å². The predicted octanol–water partition coefficient (Wildman–Crippen LogP) is 1.12. The number of nitrogens with one attached hydrogen (secondary N) is 1. The van der Waals surface area contributed by atoms with E-state index in [9.17, 15) is 8.42 Å². The van der Waals surface area contributed by atoms with E-state index in [0.717, 1.165) is 11.8 Å². The normalized spacial score (nSPS) is 14.2. The molecule has 0 saturated carbocycles. The number of rotatable bonds is 8. The Hall–Kier alpha value is 0.350. The van der Waals surface area contributed by atoms with Crippen LogP contribution in [0.25, 0.3) is 0 Å². The van der Waals surface area contributed by atoms with Crippen molar-refractivity contribution in [2.24, 2.45) is 0 Å². The fourth-order valence-corrected chi connectivity index (χ4v) is 2.77. The highest BCUT2D eigenvalue weighted by Gasteiger charge is 2.13. The SMILES string of the molecule is CCOCCS(=O)(=O)NC(C)CCBr. The van der Waals surface area contributed by atoms with E-state index in [2.05, 4.69) is 20.7 Å². The summed E-state index contributed by atoms with van der Waals surface area (Å²) in [6, 6.07) is -0.0269. The Balaban J connectivity index is 3.82. The van der Waals surface area contributed by atoms with Crippen LogP contribution in [0.5, 0.6) is 0 Å². The van der Waals surface area contributed by atoms with Crippen LogP contribution in [-0.2, 0) is 14.8 Å². The highest BCUT2D eigenvalue weighted by atomic mass is 79.9. The molecule has 1 N–H and O–H groups in total. The van der Waals surface area contributed by atoms with Crippen LogP contribution in [0.4, 0.5) is 0 Å². The molecule has 0 radical (unpaired) electrons. The molecule has 0 aliphatic carbocycles. The van der Waals surface area contributed by atoms with E-state index in [1.54, 1.807) is 0 Å². The van der Waals surface area contributed by atoms with Crippen LogP contribution >= 0.6 is 15.9 Å². The molecule has 0 spiro atoms. The van der Waals surface area contributed by atoms with Gasteiger partial charge in [0.1, 0.15) is 0 Å². The zero-order chi connectivity index (χ0) is 11.0. The van der Waals surface area contributed by atoms with Gasteiger partial charge in [0.15, 0.2) is 0 Å². The molecule has 4 nitrogen and oxygen atoms in total. The Kier molecular flexibility index (Phi) is 7.81. The van der Waals surface area contributed by atoms with E-state index in [0.29, 0.717) is 6.61 Å². The van der Waals surface area contributed by atoms with Gasteiger partial charge in [0, 0.05) is 18.0 Å². The lowest BCUT2D eigenvalue weighted by atomic mass is 10.3. The van der Waals surface area contributed by atoms with Gasteiger partial charge in [-0.25, -0.2) is 13.1 Å². The topological polar surface area (TPSA) is 55.4 Å². The third kappa shape index (κ3) is 7.73. The van der Waals surface area contributed by atoms with Crippen LogP contribution in [0.3, 0.4) is 0 Å². The number of hydrogen-bond donors (Lipinski definition) is 1. The number of ether oxygens (including phenoxy) is 1. The smallest absolute Gasteiger partial charge is 0.214 e. The van der Waals surface area contributed by atoms with Gasteiger partial charge in [-0.15, -0.1) is 0 Å². The minimum Gasteiger partial charge on any atom is -0.381 e. The molecule has 1 unspecified atom stereocenters. The van der Waals surface area contributed by atoms with Crippen LogP contribution in [0.1, 0.15) is 20.3 Å². The van der Waals surface area contributed by atoms with Crippen molar-refractivity contribution in [1.82, 2.24) is 4.72 Å². The lowest BCUT2D eigenvalue weighted by molar-refractivity contribution is 0.163. The summed E-state index contributed by atoms with van der Waals surface area (Å²) in [7, 11) is -3.17. The Bertz CT molecular complexity index is 231. The molecule has 0 aromatic rings. The molecule has 14 heavy (non-hydrogen) atoms. The van der Waals surface area contributed by atoms with E-state index in [4.69, 9.17) is 4.74 Å². The van der Waals surface area contributed by atoms with Gasteiger partial charge < -0.3 is 4.74 Å². The number of sulfonamides is 1. The van der Waals surface area contributed by atoms with E-state index >= 15 is 0 Å². The summed E-state index contributed by atoms with van der Waals surface area (Å²) < 4.78 is 30.3. The van der Waals surface area contributed by atoms with Crippen molar-refractivity contribution in [1.29, 1.82) is 0 Å². The van der Waals surface area contributed by atoms with Gasteiger partial charge in [-0.2, -0.15) is 0 Å². The molecule has 0 rings (SSSR count). The second-order valence-corrected chi connectivity index (χ2v) is 5.68.